The molecule has 8 atom stereocenters. The van der Waals surface area contributed by atoms with Crippen molar-refractivity contribution in [1.29, 1.82) is 0 Å². The SMILES string of the molecule is CCCC1CC2C(=O)/C(=C/O)C(=O)[C@]3(CC)C(C=CC4C[C@@H](C)CCC43)C/C=C/C/C(C)=C/[C@@]2(C)C=C1C.CO. The molecule has 4 rings (SSSR count). The summed E-state index contributed by atoms with van der Waals surface area (Å²) in [6.45, 7) is 13.1. The zero-order valence-corrected chi connectivity index (χ0v) is 26.1. The van der Waals surface area contributed by atoms with Gasteiger partial charge in [0.05, 0.1) is 11.8 Å². The number of aliphatic hydroxyl groups is 2. The Morgan fingerprint density at radius 3 is 2.40 bits per heavy atom. The summed E-state index contributed by atoms with van der Waals surface area (Å²) >= 11 is 0. The number of hydrogen-bond donors (Lipinski definition) is 2. The molecule has 0 bridgehead atoms. The van der Waals surface area contributed by atoms with Crippen molar-refractivity contribution in [2.24, 2.45) is 46.3 Å². The third-order valence-corrected chi connectivity index (χ3v) is 10.7. The summed E-state index contributed by atoms with van der Waals surface area (Å²) in [5.41, 5.74) is 1.47. The molecule has 0 aromatic heterocycles. The normalized spacial score (nSPS) is 41.4. The highest BCUT2D eigenvalue weighted by atomic mass is 16.2. The van der Waals surface area contributed by atoms with Crippen molar-refractivity contribution >= 4 is 11.6 Å². The van der Waals surface area contributed by atoms with Crippen LogP contribution < -0.4 is 0 Å². The van der Waals surface area contributed by atoms with Crippen LogP contribution in [0.4, 0.5) is 0 Å². The van der Waals surface area contributed by atoms with Gasteiger partial charge in [-0.25, -0.2) is 0 Å². The van der Waals surface area contributed by atoms with E-state index in [0.717, 1.165) is 64.7 Å². The van der Waals surface area contributed by atoms with E-state index in [2.05, 4.69) is 78.0 Å². The molecule has 5 unspecified atom stereocenters. The fourth-order valence-electron chi connectivity index (χ4n) is 8.74. The molecule has 2 N–H and O–H groups in total. The Labute approximate surface area is 243 Å². The van der Waals surface area contributed by atoms with Gasteiger partial charge in [0.25, 0.3) is 0 Å². The van der Waals surface area contributed by atoms with Gasteiger partial charge in [-0.15, -0.1) is 0 Å². The van der Waals surface area contributed by atoms with Gasteiger partial charge in [-0.2, -0.15) is 0 Å². The minimum absolute atomic E-state index is 0.0337. The Morgan fingerprint density at radius 1 is 1.02 bits per heavy atom. The number of ketones is 2. The van der Waals surface area contributed by atoms with Crippen LogP contribution in [0, 0.1) is 46.3 Å². The second kappa shape index (κ2) is 13.6. The lowest BCUT2D eigenvalue weighted by Gasteiger charge is -2.52. The van der Waals surface area contributed by atoms with Crippen molar-refractivity contribution in [3.8, 4) is 0 Å². The van der Waals surface area contributed by atoms with E-state index in [1.54, 1.807) is 0 Å². The fraction of sp³-hybridized carbons (Fsp3) is 0.667. The zero-order valence-electron chi connectivity index (χ0n) is 26.1. The topological polar surface area (TPSA) is 74.6 Å². The monoisotopic (exact) mass is 550 g/mol. The molecule has 0 saturated heterocycles. The number of carbonyl (C=O) groups excluding carboxylic acids is 2. The first kappa shape index (κ1) is 32.3. The highest BCUT2D eigenvalue weighted by molar-refractivity contribution is 6.23. The predicted octanol–water partition coefficient (Wildman–Crippen LogP) is 8.49. The molecule has 0 aliphatic heterocycles. The average molecular weight is 551 g/mol. The van der Waals surface area contributed by atoms with Crippen molar-refractivity contribution < 1.29 is 19.8 Å². The van der Waals surface area contributed by atoms with Gasteiger partial charge in [0.1, 0.15) is 0 Å². The molecule has 1 fully saturated rings. The summed E-state index contributed by atoms with van der Waals surface area (Å²) in [6, 6.07) is 0. The van der Waals surface area contributed by atoms with E-state index in [0.29, 0.717) is 24.2 Å². The molecule has 0 aromatic rings. The van der Waals surface area contributed by atoms with E-state index in [-0.39, 0.29) is 34.9 Å². The quantitative estimate of drug-likeness (QED) is 0.160. The first-order valence-electron chi connectivity index (χ1n) is 15.7. The van der Waals surface area contributed by atoms with Crippen LogP contribution in [-0.4, -0.2) is 28.9 Å². The van der Waals surface area contributed by atoms with E-state index in [9.17, 15) is 14.7 Å². The van der Waals surface area contributed by atoms with Crippen LogP contribution in [0.5, 0.6) is 0 Å². The van der Waals surface area contributed by atoms with Crippen molar-refractivity contribution in [2.45, 2.75) is 99.3 Å². The van der Waals surface area contributed by atoms with Crippen LogP contribution in [0.15, 0.2) is 59.4 Å². The Bertz CT molecular complexity index is 1070. The van der Waals surface area contributed by atoms with Gasteiger partial charge in [0.2, 0.25) is 0 Å². The lowest BCUT2D eigenvalue weighted by Crippen LogP contribution is -2.52. The molecule has 0 amide bonds. The summed E-state index contributed by atoms with van der Waals surface area (Å²) in [6.07, 6.45) is 22.9. The van der Waals surface area contributed by atoms with Crippen molar-refractivity contribution in [3.63, 3.8) is 0 Å². The fourth-order valence-corrected chi connectivity index (χ4v) is 8.74. The molecule has 1 saturated carbocycles. The maximum absolute atomic E-state index is 14.8. The molecule has 4 heteroatoms. The van der Waals surface area contributed by atoms with Crippen LogP contribution in [0.2, 0.25) is 0 Å². The van der Waals surface area contributed by atoms with E-state index >= 15 is 0 Å². The van der Waals surface area contributed by atoms with Crippen LogP contribution in [-0.2, 0) is 9.59 Å². The molecule has 222 valence electrons. The van der Waals surface area contributed by atoms with E-state index in [4.69, 9.17) is 5.11 Å². The van der Waals surface area contributed by atoms with Crippen molar-refractivity contribution in [3.05, 3.63) is 59.4 Å². The van der Waals surface area contributed by atoms with Crippen molar-refractivity contribution in [2.75, 3.05) is 7.11 Å². The number of carbonyl (C=O) groups is 2. The third-order valence-electron chi connectivity index (χ3n) is 10.7. The molecule has 0 spiro atoms. The minimum Gasteiger partial charge on any atom is -0.515 e. The second-order valence-electron chi connectivity index (χ2n) is 13.2. The number of hydrogen-bond acceptors (Lipinski definition) is 4. The third kappa shape index (κ3) is 6.03. The molecule has 4 nitrogen and oxygen atoms in total. The Hall–Kier alpha value is -2.20. The summed E-state index contributed by atoms with van der Waals surface area (Å²) in [7, 11) is 1.00. The Balaban J connectivity index is 0.00000216. The smallest absolute Gasteiger partial charge is 0.176 e. The van der Waals surface area contributed by atoms with Gasteiger partial charge in [-0.1, -0.05) is 88.1 Å². The van der Waals surface area contributed by atoms with Gasteiger partial charge in [0.15, 0.2) is 11.6 Å². The highest BCUT2D eigenvalue weighted by Gasteiger charge is 2.56. The van der Waals surface area contributed by atoms with Crippen molar-refractivity contribution in [1.82, 2.24) is 0 Å². The van der Waals surface area contributed by atoms with Gasteiger partial charge in [-0.3, -0.25) is 9.59 Å². The molecule has 4 aliphatic carbocycles. The highest BCUT2D eigenvalue weighted by Crippen LogP contribution is 2.57. The van der Waals surface area contributed by atoms with Crippen LogP contribution in [0.25, 0.3) is 0 Å². The van der Waals surface area contributed by atoms with Crippen LogP contribution in [0.3, 0.4) is 0 Å². The van der Waals surface area contributed by atoms with E-state index in [1.807, 2.05) is 0 Å². The molecule has 0 radical (unpaired) electrons. The lowest BCUT2D eigenvalue weighted by molar-refractivity contribution is -0.138. The molecular weight excluding hydrogens is 496 g/mol. The lowest BCUT2D eigenvalue weighted by atomic mass is 9.50. The van der Waals surface area contributed by atoms with Crippen LogP contribution in [0.1, 0.15) is 99.3 Å². The zero-order chi connectivity index (χ0) is 29.7. The molecule has 40 heavy (non-hydrogen) atoms. The second-order valence-corrected chi connectivity index (χ2v) is 13.2. The number of Topliss-reactive ketones (excluding diaryl/α,β-unsaturated/α-hetero) is 2. The maximum atomic E-state index is 14.8. The number of aliphatic hydroxyl groups excluding tert-OH is 2. The molecule has 0 heterocycles. The first-order valence-corrected chi connectivity index (χ1v) is 15.7. The average Bonchev–Trinajstić information content (AvgIpc) is 2.93. The van der Waals surface area contributed by atoms with Gasteiger partial charge in [0, 0.05) is 23.9 Å². The number of rotatable bonds is 3. The first-order chi connectivity index (χ1) is 19.1. The largest absolute Gasteiger partial charge is 0.515 e. The summed E-state index contributed by atoms with van der Waals surface area (Å²) in [5, 5.41) is 17.6. The van der Waals surface area contributed by atoms with Crippen LogP contribution >= 0.6 is 0 Å². The number of allylic oxidation sites excluding steroid dienone is 9. The number of fused-ring (bicyclic) bond motifs is 4. The maximum Gasteiger partial charge on any atom is 0.176 e. The van der Waals surface area contributed by atoms with E-state index in [1.165, 1.54) is 11.1 Å². The molecule has 0 aromatic carbocycles. The van der Waals surface area contributed by atoms with Gasteiger partial charge < -0.3 is 10.2 Å². The van der Waals surface area contributed by atoms with Gasteiger partial charge >= 0.3 is 0 Å². The Kier molecular flexibility index (Phi) is 11.0. The molecule has 4 aliphatic rings. The predicted molar refractivity (Wildman–Crippen MR) is 165 cm³/mol. The standard InChI is InChI=1S/C35H50O3.CH4O/c1-7-11-26-19-31-32(37)29(22-36)33(38)35(8-2)28(16-15-27-18-23(3)14-17-30(27)35)13-10-9-12-24(4)20-34(31,6)21-25(26)5;1-2/h9-10,15-16,20-23,26-28,30-31,36H,7-8,11-14,17-19H2,1-6H3;2H,1H3/b10-9+,24-20+,29-22-;/t23-,26?,27?,28?,30?,31?,34-,35+;/m0./s1. The minimum atomic E-state index is -0.662. The molecular formula is C36H54O4. The summed E-state index contributed by atoms with van der Waals surface area (Å²) in [4.78, 5) is 29.3. The summed E-state index contributed by atoms with van der Waals surface area (Å²) < 4.78 is 0. The Morgan fingerprint density at radius 2 is 1.75 bits per heavy atom. The summed E-state index contributed by atoms with van der Waals surface area (Å²) in [5.74, 6) is 0.939. The van der Waals surface area contributed by atoms with Gasteiger partial charge in [-0.05, 0) is 88.4 Å². The van der Waals surface area contributed by atoms with E-state index < -0.39 is 10.8 Å².